The minimum absolute atomic E-state index is 0.187. The summed E-state index contributed by atoms with van der Waals surface area (Å²) in [5.41, 5.74) is 10.7. The molecule has 0 atom stereocenters. The summed E-state index contributed by atoms with van der Waals surface area (Å²) in [7, 11) is 0. The zero-order valence-corrected chi connectivity index (χ0v) is 17.2. The molecule has 6 nitrogen and oxygen atoms in total. The van der Waals surface area contributed by atoms with Gasteiger partial charge in [0.1, 0.15) is 22.8 Å². The van der Waals surface area contributed by atoms with Gasteiger partial charge < -0.3 is 15.6 Å². The van der Waals surface area contributed by atoms with Gasteiger partial charge in [-0.15, -0.1) is 0 Å². The number of carboxylic acids is 1. The molecule has 0 aliphatic rings. The third kappa shape index (κ3) is 4.53. The molecule has 0 fully saturated rings. The van der Waals surface area contributed by atoms with Gasteiger partial charge in [-0.3, -0.25) is 9.36 Å². The van der Waals surface area contributed by atoms with Crippen LogP contribution in [0.5, 0.6) is 5.75 Å². The van der Waals surface area contributed by atoms with Crippen molar-refractivity contribution in [3.8, 4) is 22.8 Å². The highest BCUT2D eigenvalue weighted by molar-refractivity contribution is 5.95. The highest BCUT2D eigenvalue weighted by Crippen LogP contribution is 2.36. The number of ether oxygens (including phenoxy) is 1. The average Bonchev–Trinajstić information content (AvgIpc) is 3.19. The van der Waals surface area contributed by atoms with Gasteiger partial charge in [0, 0.05) is 17.7 Å². The van der Waals surface area contributed by atoms with E-state index in [1.54, 1.807) is 0 Å². The summed E-state index contributed by atoms with van der Waals surface area (Å²) in [5, 5.41) is 8.73. The second kappa shape index (κ2) is 9.34. The molecule has 0 saturated heterocycles. The number of hydrogen-bond donors (Lipinski definition) is 2. The molecule has 1 aromatic heterocycles. The number of anilines is 1. The minimum Gasteiger partial charge on any atom is -0.491 e. The van der Waals surface area contributed by atoms with Crippen LogP contribution in [0.25, 0.3) is 28.1 Å². The number of nitrogens with zero attached hydrogens (tertiary/aromatic N) is 2. The molecule has 4 aromatic rings. The van der Waals surface area contributed by atoms with E-state index in [0.29, 0.717) is 24.5 Å². The summed E-state index contributed by atoms with van der Waals surface area (Å²) in [4.78, 5) is 15.5. The SMILES string of the molecule is Nc1c(OCCCCCC(=O)O)ccc2nc(-c3ccccc3)n(-c3ccccc3)c12. The van der Waals surface area contributed by atoms with Crippen molar-refractivity contribution in [3.05, 3.63) is 72.8 Å². The molecule has 0 saturated carbocycles. The Bertz CT molecular complexity index is 1170. The van der Waals surface area contributed by atoms with Crippen LogP contribution in [0.15, 0.2) is 72.8 Å². The first-order valence-corrected chi connectivity index (χ1v) is 10.4. The van der Waals surface area contributed by atoms with Crippen LogP contribution in [-0.2, 0) is 4.79 Å². The van der Waals surface area contributed by atoms with Crippen molar-refractivity contribution in [1.82, 2.24) is 9.55 Å². The summed E-state index contributed by atoms with van der Waals surface area (Å²) in [6, 6.07) is 23.8. The minimum atomic E-state index is -0.765. The number of imidazole rings is 1. The molecule has 158 valence electrons. The summed E-state index contributed by atoms with van der Waals surface area (Å²) in [6.45, 7) is 0.486. The van der Waals surface area contributed by atoms with Crippen molar-refractivity contribution >= 4 is 22.7 Å². The molecular weight excluding hydrogens is 390 g/mol. The molecule has 0 spiro atoms. The standard InChI is InChI=1S/C25H25N3O3/c26-23-21(31-17-9-3-8-14-22(29)30)16-15-20-24(23)28(19-12-6-2-7-13-19)25(27-20)18-10-4-1-5-11-18/h1-2,4-7,10-13,15-16H,3,8-9,14,17,26H2,(H,29,30). The Labute approximate surface area is 180 Å². The molecule has 0 unspecified atom stereocenters. The predicted octanol–water partition coefficient (Wildman–Crippen LogP) is 5.30. The molecule has 1 heterocycles. The molecule has 4 rings (SSSR count). The number of para-hydroxylation sites is 1. The Kier molecular flexibility index (Phi) is 6.17. The van der Waals surface area contributed by atoms with E-state index >= 15 is 0 Å². The van der Waals surface area contributed by atoms with E-state index in [1.807, 2.05) is 72.8 Å². The molecule has 3 N–H and O–H groups in total. The highest BCUT2D eigenvalue weighted by atomic mass is 16.5. The van der Waals surface area contributed by atoms with Gasteiger partial charge in [-0.1, -0.05) is 48.5 Å². The van der Waals surface area contributed by atoms with Crippen molar-refractivity contribution in [3.63, 3.8) is 0 Å². The van der Waals surface area contributed by atoms with Crippen molar-refractivity contribution < 1.29 is 14.6 Å². The van der Waals surface area contributed by atoms with Gasteiger partial charge in [0.05, 0.1) is 12.1 Å². The van der Waals surface area contributed by atoms with E-state index in [2.05, 4.69) is 4.57 Å². The number of nitrogen functional groups attached to an aromatic ring is 1. The predicted molar refractivity (Wildman–Crippen MR) is 123 cm³/mol. The summed E-state index contributed by atoms with van der Waals surface area (Å²) in [5.74, 6) is 0.667. The number of fused-ring (bicyclic) bond motifs is 1. The van der Waals surface area contributed by atoms with Gasteiger partial charge in [-0.25, -0.2) is 4.98 Å². The summed E-state index contributed by atoms with van der Waals surface area (Å²) < 4.78 is 8.01. The Morgan fingerprint density at radius 1 is 0.935 bits per heavy atom. The van der Waals surface area contributed by atoms with E-state index in [1.165, 1.54) is 0 Å². The number of aromatic nitrogens is 2. The number of carboxylic acid groups (broad SMARTS) is 1. The lowest BCUT2D eigenvalue weighted by atomic mass is 10.2. The lowest BCUT2D eigenvalue weighted by Gasteiger charge is -2.13. The van der Waals surface area contributed by atoms with Crippen molar-refractivity contribution in [2.45, 2.75) is 25.7 Å². The lowest BCUT2D eigenvalue weighted by Crippen LogP contribution is -2.04. The molecule has 6 heteroatoms. The van der Waals surface area contributed by atoms with Crippen LogP contribution in [0.3, 0.4) is 0 Å². The molecule has 0 aliphatic carbocycles. The van der Waals surface area contributed by atoms with Gasteiger partial charge in [0.25, 0.3) is 0 Å². The van der Waals surface area contributed by atoms with Crippen LogP contribution < -0.4 is 10.5 Å². The molecule has 0 aliphatic heterocycles. The molecule has 3 aromatic carbocycles. The number of hydrogen-bond acceptors (Lipinski definition) is 4. The Balaban J connectivity index is 1.68. The molecule has 0 radical (unpaired) electrons. The number of aliphatic carboxylic acids is 1. The number of rotatable bonds is 9. The van der Waals surface area contributed by atoms with Crippen molar-refractivity contribution in [1.29, 1.82) is 0 Å². The number of unbranched alkanes of at least 4 members (excludes halogenated alkanes) is 2. The van der Waals surface area contributed by atoms with Crippen molar-refractivity contribution in [2.24, 2.45) is 0 Å². The van der Waals surface area contributed by atoms with Crippen LogP contribution in [0, 0.1) is 0 Å². The van der Waals surface area contributed by atoms with Crippen LogP contribution >= 0.6 is 0 Å². The lowest BCUT2D eigenvalue weighted by molar-refractivity contribution is -0.137. The fourth-order valence-electron chi connectivity index (χ4n) is 3.65. The van der Waals surface area contributed by atoms with Gasteiger partial charge in [0.15, 0.2) is 0 Å². The van der Waals surface area contributed by atoms with E-state index in [-0.39, 0.29) is 6.42 Å². The first-order chi connectivity index (χ1) is 15.1. The second-order valence-electron chi connectivity index (χ2n) is 7.37. The van der Waals surface area contributed by atoms with Gasteiger partial charge in [0.2, 0.25) is 0 Å². The largest absolute Gasteiger partial charge is 0.491 e. The maximum atomic E-state index is 10.6. The average molecular weight is 415 g/mol. The topological polar surface area (TPSA) is 90.4 Å². The van der Waals surface area contributed by atoms with Gasteiger partial charge in [-0.05, 0) is 43.5 Å². The number of benzene rings is 3. The quantitative estimate of drug-likeness (QED) is 0.286. The van der Waals surface area contributed by atoms with E-state index < -0.39 is 5.97 Å². The van der Waals surface area contributed by atoms with Gasteiger partial charge >= 0.3 is 5.97 Å². The smallest absolute Gasteiger partial charge is 0.303 e. The van der Waals surface area contributed by atoms with Crippen LogP contribution in [0.1, 0.15) is 25.7 Å². The van der Waals surface area contributed by atoms with Crippen LogP contribution in [0.2, 0.25) is 0 Å². The van der Waals surface area contributed by atoms with E-state index in [4.69, 9.17) is 20.6 Å². The second-order valence-corrected chi connectivity index (χ2v) is 7.37. The van der Waals surface area contributed by atoms with Gasteiger partial charge in [-0.2, -0.15) is 0 Å². The Morgan fingerprint density at radius 2 is 1.65 bits per heavy atom. The molecular formula is C25H25N3O3. The molecule has 0 amide bonds. The zero-order chi connectivity index (χ0) is 21.6. The monoisotopic (exact) mass is 415 g/mol. The number of nitrogens with two attached hydrogens (primary N) is 1. The first-order valence-electron chi connectivity index (χ1n) is 10.4. The fraction of sp³-hybridized carbons (Fsp3) is 0.200. The van der Waals surface area contributed by atoms with E-state index in [9.17, 15) is 4.79 Å². The van der Waals surface area contributed by atoms with Crippen LogP contribution in [0.4, 0.5) is 5.69 Å². The summed E-state index contributed by atoms with van der Waals surface area (Å²) >= 11 is 0. The van der Waals surface area contributed by atoms with E-state index in [0.717, 1.165) is 41.0 Å². The molecule has 31 heavy (non-hydrogen) atoms. The normalized spacial score (nSPS) is 11.0. The maximum absolute atomic E-state index is 10.6. The first kappa shape index (κ1) is 20.5. The molecule has 0 bridgehead atoms. The zero-order valence-electron chi connectivity index (χ0n) is 17.2. The maximum Gasteiger partial charge on any atom is 0.303 e. The van der Waals surface area contributed by atoms with Crippen molar-refractivity contribution in [2.75, 3.05) is 12.3 Å². The Morgan fingerprint density at radius 3 is 2.35 bits per heavy atom. The fourth-order valence-corrected chi connectivity index (χ4v) is 3.65. The highest BCUT2D eigenvalue weighted by Gasteiger charge is 2.18. The summed E-state index contributed by atoms with van der Waals surface area (Å²) in [6.07, 6.45) is 2.41. The number of carbonyl (C=O) groups is 1. The third-order valence-electron chi connectivity index (χ3n) is 5.16. The third-order valence-corrected chi connectivity index (χ3v) is 5.16. The Hall–Kier alpha value is -3.80. The van der Waals surface area contributed by atoms with Crippen LogP contribution in [-0.4, -0.2) is 27.2 Å².